The van der Waals surface area contributed by atoms with Crippen LogP contribution >= 0.6 is 11.8 Å². The molecular weight excluding hydrogens is 456 g/mol. The minimum atomic E-state index is 0.0677. The van der Waals surface area contributed by atoms with E-state index in [-0.39, 0.29) is 23.8 Å². The molecule has 0 spiro atoms. The minimum Gasteiger partial charge on any atom is -0.338 e. The first-order valence-corrected chi connectivity index (χ1v) is 13.3. The smallest absolute Gasteiger partial charge is 0.233 e. The van der Waals surface area contributed by atoms with Crippen LogP contribution in [0.5, 0.6) is 0 Å². The van der Waals surface area contributed by atoms with Gasteiger partial charge in [-0.2, -0.15) is 0 Å². The molecule has 2 aliphatic rings. The molecule has 5 rings (SSSR count). The Hall–Kier alpha value is -3.19. The van der Waals surface area contributed by atoms with Crippen molar-refractivity contribution in [2.75, 3.05) is 25.4 Å². The van der Waals surface area contributed by atoms with Crippen LogP contribution in [-0.2, 0) is 9.59 Å². The van der Waals surface area contributed by atoms with Gasteiger partial charge in [-0.05, 0) is 43.0 Å². The van der Waals surface area contributed by atoms with Gasteiger partial charge >= 0.3 is 0 Å². The molecule has 1 aliphatic carbocycles. The van der Waals surface area contributed by atoms with E-state index in [1.165, 1.54) is 17.3 Å². The summed E-state index contributed by atoms with van der Waals surface area (Å²) in [7, 11) is 0. The molecule has 1 unspecified atom stereocenters. The van der Waals surface area contributed by atoms with Crippen molar-refractivity contribution in [1.82, 2.24) is 20.0 Å². The molecule has 7 heteroatoms. The van der Waals surface area contributed by atoms with E-state index in [4.69, 9.17) is 0 Å². The molecule has 1 aliphatic heterocycles. The lowest BCUT2D eigenvalue weighted by Crippen LogP contribution is -2.57. The predicted molar refractivity (Wildman–Crippen MR) is 139 cm³/mol. The van der Waals surface area contributed by atoms with Crippen molar-refractivity contribution in [1.29, 1.82) is 0 Å². The lowest BCUT2D eigenvalue weighted by molar-refractivity contribution is -0.146. The Kier molecular flexibility index (Phi) is 7.13. The summed E-state index contributed by atoms with van der Waals surface area (Å²) in [6.07, 6.45) is 3.19. The third kappa shape index (κ3) is 5.40. The number of hydrogen-bond acceptors (Lipinski definition) is 5. The highest BCUT2D eigenvalue weighted by Crippen LogP contribution is 2.30. The molecule has 1 saturated carbocycles. The van der Waals surface area contributed by atoms with Crippen molar-refractivity contribution in [3.8, 4) is 22.4 Å². The summed E-state index contributed by atoms with van der Waals surface area (Å²) in [6.45, 7) is 3.87. The molecule has 3 aromatic rings. The number of thioether (sulfide) groups is 1. The van der Waals surface area contributed by atoms with Crippen molar-refractivity contribution < 1.29 is 9.59 Å². The average Bonchev–Trinajstić information content (AvgIpc) is 2.87. The number of rotatable bonds is 6. The summed E-state index contributed by atoms with van der Waals surface area (Å²) >= 11 is 1.41. The molecule has 2 heterocycles. The van der Waals surface area contributed by atoms with Gasteiger partial charge in [-0.3, -0.25) is 9.59 Å². The topological polar surface area (TPSA) is 66.4 Å². The number of piperazine rings is 1. The number of hydrogen-bond donors (Lipinski definition) is 0. The molecule has 35 heavy (non-hydrogen) atoms. The van der Waals surface area contributed by atoms with E-state index >= 15 is 0 Å². The third-order valence-electron chi connectivity index (χ3n) is 6.99. The number of amides is 2. The van der Waals surface area contributed by atoms with Crippen LogP contribution in [0.2, 0.25) is 0 Å². The Balaban J connectivity index is 1.12. The second-order valence-electron chi connectivity index (χ2n) is 9.34. The monoisotopic (exact) mass is 486 g/mol. The zero-order valence-electron chi connectivity index (χ0n) is 20.0. The number of nitrogens with zero attached hydrogens (tertiary/aromatic N) is 4. The summed E-state index contributed by atoms with van der Waals surface area (Å²) in [5.74, 6) is 0.886. The summed E-state index contributed by atoms with van der Waals surface area (Å²) in [4.78, 5) is 29.2. The van der Waals surface area contributed by atoms with Gasteiger partial charge in [0, 0.05) is 37.2 Å². The fourth-order valence-corrected chi connectivity index (χ4v) is 5.36. The van der Waals surface area contributed by atoms with Crippen LogP contribution in [0, 0.1) is 5.92 Å². The van der Waals surface area contributed by atoms with E-state index in [2.05, 4.69) is 46.6 Å². The molecule has 2 aromatic carbocycles. The first-order chi connectivity index (χ1) is 17.1. The largest absolute Gasteiger partial charge is 0.338 e. The van der Waals surface area contributed by atoms with Gasteiger partial charge in [0.1, 0.15) is 5.03 Å². The molecule has 0 N–H and O–H groups in total. The molecule has 1 saturated heterocycles. The molecule has 6 nitrogen and oxygen atoms in total. The molecule has 1 atom stereocenters. The number of benzene rings is 2. The zero-order chi connectivity index (χ0) is 24.2. The minimum absolute atomic E-state index is 0.0677. The first-order valence-electron chi connectivity index (χ1n) is 12.3. The molecule has 1 aromatic heterocycles. The molecular formula is C28H30N4O2S. The zero-order valence-corrected chi connectivity index (χ0v) is 20.8. The van der Waals surface area contributed by atoms with Crippen molar-refractivity contribution >= 4 is 23.6 Å². The van der Waals surface area contributed by atoms with E-state index in [1.807, 2.05) is 47.1 Å². The van der Waals surface area contributed by atoms with Crippen LogP contribution in [-0.4, -0.2) is 63.2 Å². The Bertz CT molecular complexity index is 1160. The van der Waals surface area contributed by atoms with Gasteiger partial charge in [0.25, 0.3) is 0 Å². The second-order valence-corrected chi connectivity index (χ2v) is 10.3. The standard InChI is InChI=1S/C28H30N4O2S/c1-20-18-31(16-17-32(20)28(34)24-8-5-9-24)27(33)19-35-26-15-14-25(29-30-26)23-12-10-22(11-13-23)21-6-3-2-4-7-21/h2-4,6-7,10-15,20,24H,5,8-9,16-19H2,1H3. The quantitative estimate of drug-likeness (QED) is 0.470. The SMILES string of the molecule is CC1CN(C(=O)CSc2ccc(-c3ccc(-c4ccccc4)cc3)nn2)CCN1C(=O)C1CCC1. The average molecular weight is 487 g/mol. The Morgan fingerprint density at radius 3 is 2.23 bits per heavy atom. The molecule has 0 bridgehead atoms. The molecule has 2 amide bonds. The van der Waals surface area contributed by atoms with Crippen LogP contribution in [0.15, 0.2) is 71.8 Å². The van der Waals surface area contributed by atoms with Gasteiger partial charge < -0.3 is 9.80 Å². The summed E-state index contributed by atoms with van der Waals surface area (Å²) < 4.78 is 0. The van der Waals surface area contributed by atoms with Crippen molar-refractivity contribution in [3.63, 3.8) is 0 Å². The van der Waals surface area contributed by atoms with Crippen molar-refractivity contribution in [2.45, 2.75) is 37.3 Å². The van der Waals surface area contributed by atoms with Gasteiger partial charge in [-0.1, -0.05) is 72.8 Å². The fourth-order valence-electron chi connectivity index (χ4n) is 4.64. The third-order valence-corrected chi connectivity index (χ3v) is 7.89. The van der Waals surface area contributed by atoms with Gasteiger partial charge in [0.2, 0.25) is 11.8 Å². The second kappa shape index (κ2) is 10.6. The summed E-state index contributed by atoms with van der Waals surface area (Å²) in [5.41, 5.74) is 4.16. The number of carbonyl (C=O) groups is 2. The Morgan fingerprint density at radius 1 is 0.886 bits per heavy atom. The van der Waals surface area contributed by atoms with Crippen LogP contribution in [0.1, 0.15) is 26.2 Å². The molecule has 180 valence electrons. The maximum atomic E-state index is 12.8. The van der Waals surface area contributed by atoms with Crippen LogP contribution in [0.25, 0.3) is 22.4 Å². The van der Waals surface area contributed by atoms with E-state index in [1.54, 1.807) is 0 Å². The van der Waals surface area contributed by atoms with Gasteiger partial charge in [-0.15, -0.1) is 10.2 Å². The lowest BCUT2D eigenvalue weighted by Gasteiger charge is -2.42. The van der Waals surface area contributed by atoms with E-state index in [0.29, 0.717) is 25.4 Å². The van der Waals surface area contributed by atoms with Crippen LogP contribution < -0.4 is 0 Å². The van der Waals surface area contributed by atoms with Crippen molar-refractivity contribution in [2.24, 2.45) is 5.92 Å². The summed E-state index contributed by atoms with van der Waals surface area (Å²) in [5, 5.41) is 9.43. The predicted octanol–water partition coefficient (Wildman–Crippen LogP) is 4.76. The normalized spacial score (nSPS) is 18.3. The van der Waals surface area contributed by atoms with Crippen LogP contribution in [0.3, 0.4) is 0 Å². The highest BCUT2D eigenvalue weighted by molar-refractivity contribution is 7.99. The highest BCUT2D eigenvalue weighted by Gasteiger charge is 2.35. The van der Waals surface area contributed by atoms with Gasteiger partial charge in [0.15, 0.2) is 0 Å². The maximum Gasteiger partial charge on any atom is 0.233 e. The lowest BCUT2D eigenvalue weighted by atomic mass is 9.84. The van der Waals surface area contributed by atoms with Crippen LogP contribution in [0.4, 0.5) is 0 Å². The molecule has 0 radical (unpaired) electrons. The fraction of sp³-hybridized carbons (Fsp3) is 0.357. The van der Waals surface area contributed by atoms with E-state index in [0.717, 1.165) is 41.1 Å². The maximum absolute atomic E-state index is 12.8. The van der Waals surface area contributed by atoms with Gasteiger partial charge in [-0.25, -0.2) is 0 Å². The Labute approximate surface area is 210 Å². The number of carbonyl (C=O) groups excluding carboxylic acids is 2. The van der Waals surface area contributed by atoms with E-state index < -0.39 is 0 Å². The van der Waals surface area contributed by atoms with Crippen molar-refractivity contribution in [3.05, 3.63) is 66.7 Å². The molecule has 2 fully saturated rings. The Morgan fingerprint density at radius 2 is 1.60 bits per heavy atom. The van der Waals surface area contributed by atoms with E-state index in [9.17, 15) is 9.59 Å². The first kappa shape index (κ1) is 23.5. The number of aromatic nitrogens is 2. The highest BCUT2D eigenvalue weighted by atomic mass is 32.2. The van der Waals surface area contributed by atoms with Gasteiger partial charge in [0.05, 0.1) is 11.4 Å². The summed E-state index contributed by atoms with van der Waals surface area (Å²) in [6, 6.07) is 22.5.